The zero-order valence-electron chi connectivity index (χ0n) is 14.4. The predicted molar refractivity (Wildman–Crippen MR) is 105 cm³/mol. The van der Waals surface area contributed by atoms with Crippen LogP contribution in [0.4, 0.5) is 5.69 Å². The van der Waals surface area contributed by atoms with Crippen LogP contribution in [0.3, 0.4) is 0 Å². The fourth-order valence-corrected chi connectivity index (χ4v) is 3.59. The molecular weight excluding hydrogens is 314 g/mol. The highest BCUT2D eigenvalue weighted by Gasteiger charge is 2.26. The van der Waals surface area contributed by atoms with Crippen LogP contribution in [0, 0.1) is 13.8 Å². The number of anilines is 1. The van der Waals surface area contributed by atoms with E-state index in [1.165, 1.54) is 23.2 Å². The van der Waals surface area contributed by atoms with Gasteiger partial charge in [0.05, 0.1) is 19.1 Å². The van der Waals surface area contributed by atoms with E-state index >= 15 is 0 Å². The first-order valence-corrected chi connectivity index (χ1v) is 9.03. The van der Waals surface area contributed by atoms with E-state index in [1.54, 1.807) is 4.90 Å². The molecule has 1 unspecified atom stereocenters. The highest BCUT2D eigenvalue weighted by atomic mass is 32.1. The van der Waals surface area contributed by atoms with E-state index < -0.39 is 0 Å². The average Bonchev–Trinajstić information content (AvgIpc) is 2.98. The van der Waals surface area contributed by atoms with Gasteiger partial charge < -0.3 is 15.5 Å². The molecule has 1 aliphatic rings. The molecule has 2 aromatic rings. The Hall–Kier alpha value is -1.91. The fraction of sp³-hybridized carbons (Fsp3) is 0.350. The summed E-state index contributed by atoms with van der Waals surface area (Å²) < 4.78 is 0. The Morgan fingerprint density at radius 1 is 1.17 bits per heavy atom. The van der Waals surface area contributed by atoms with Crippen molar-refractivity contribution in [1.29, 1.82) is 0 Å². The lowest BCUT2D eigenvalue weighted by molar-refractivity contribution is -0.901. The van der Waals surface area contributed by atoms with E-state index in [0.717, 1.165) is 30.3 Å². The maximum Gasteiger partial charge on any atom is 0.171 e. The van der Waals surface area contributed by atoms with E-state index in [1.807, 2.05) is 0 Å². The molecule has 0 saturated carbocycles. The molecule has 1 heterocycles. The molecule has 3 N–H and O–H groups in total. The van der Waals surface area contributed by atoms with Crippen LogP contribution in [0.2, 0.25) is 0 Å². The molecule has 4 heteroatoms. The molecule has 0 radical (unpaired) electrons. The summed E-state index contributed by atoms with van der Waals surface area (Å²) in [6.07, 6.45) is 1.16. The predicted octanol–water partition coefficient (Wildman–Crippen LogP) is 2.45. The van der Waals surface area contributed by atoms with E-state index in [9.17, 15) is 0 Å². The van der Waals surface area contributed by atoms with Gasteiger partial charge in [0.15, 0.2) is 5.11 Å². The summed E-state index contributed by atoms with van der Waals surface area (Å²) >= 11 is 5.51. The third kappa shape index (κ3) is 4.56. The summed E-state index contributed by atoms with van der Waals surface area (Å²) in [6.45, 7) is 7.60. The molecule has 1 aliphatic heterocycles. The summed E-state index contributed by atoms with van der Waals surface area (Å²) in [7, 11) is 0. The van der Waals surface area contributed by atoms with Gasteiger partial charge in [-0.25, -0.2) is 0 Å². The smallest absolute Gasteiger partial charge is 0.171 e. The Morgan fingerprint density at radius 2 is 1.96 bits per heavy atom. The Kier molecular flexibility index (Phi) is 5.48. The molecule has 1 fully saturated rings. The van der Waals surface area contributed by atoms with Crippen molar-refractivity contribution < 1.29 is 4.90 Å². The van der Waals surface area contributed by atoms with Crippen molar-refractivity contribution in [2.24, 2.45) is 0 Å². The van der Waals surface area contributed by atoms with Crippen LogP contribution in [0.1, 0.15) is 23.1 Å². The molecule has 1 saturated heterocycles. The van der Waals surface area contributed by atoms with Crippen LogP contribution in [-0.2, 0) is 6.54 Å². The summed E-state index contributed by atoms with van der Waals surface area (Å²) in [5.41, 5.74) is 4.96. The second-order valence-corrected chi connectivity index (χ2v) is 7.18. The summed E-state index contributed by atoms with van der Waals surface area (Å²) in [5, 5.41) is 7.57. The minimum atomic E-state index is 0.453. The van der Waals surface area contributed by atoms with Gasteiger partial charge in [-0.1, -0.05) is 42.5 Å². The number of thiocarbonyl (C=S) groups is 1. The number of hydrogen-bond acceptors (Lipinski definition) is 1. The Bertz CT molecular complexity index is 699. The number of aryl methyl sites for hydroxylation is 2. The van der Waals surface area contributed by atoms with Crippen molar-refractivity contribution in [2.75, 3.05) is 18.4 Å². The van der Waals surface area contributed by atoms with Crippen LogP contribution in [-0.4, -0.2) is 24.2 Å². The molecule has 0 amide bonds. The van der Waals surface area contributed by atoms with Crippen LogP contribution < -0.4 is 15.5 Å². The molecule has 2 atom stereocenters. The lowest BCUT2D eigenvalue weighted by Crippen LogP contribution is -3.09. The van der Waals surface area contributed by atoms with Crippen LogP contribution in [0.5, 0.6) is 0 Å². The molecule has 3 rings (SSSR count). The maximum absolute atomic E-state index is 5.51. The number of quaternary nitrogens is 1. The third-order valence-electron chi connectivity index (χ3n) is 4.65. The molecular formula is C20H26N3S+. The summed E-state index contributed by atoms with van der Waals surface area (Å²) in [5.74, 6) is 0. The van der Waals surface area contributed by atoms with Crippen molar-refractivity contribution in [1.82, 2.24) is 5.32 Å². The summed E-state index contributed by atoms with van der Waals surface area (Å²) in [6, 6.07) is 17.6. The highest BCUT2D eigenvalue weighted by Crippen LogP contribution is 2.16. The van der Waals surface area contributed by atoms with Gasteiger partial charge >= 0.3 is 0 Å². The van der Waals surface area contributed by atoms with Crippen molar-refractivity contribution in [3.05, 3.63) is 65.2 Å². The van der Waals surface area contributed by atoms with Crippen molar-refractivity contribution >= 4 is 23.0 Å². The largest absolute Gasteiger partial charge is 0.354 e. The summed E-state index contributed by atoms with van der Waals surface area (Å²) in [4.78, 5) is 1.62. The molecule has 126 valence electrons. The van der Waals surface area contributed by atoms with Gasteiger partial charge in [0.25, 0.3) is 0 Å². The van der Waals surface area contributed by atoms with Gasteiger partial charge in [-0.05, 0) is 43.3 Å². The first-order chi connectivity index (χ1) is 11.6. The zero-order chi connectivity index (χ0) is 16.9. The van der Waals surface area contributed by atoms with E-state index in [0.29, 0.717) is 6.04 Å². The second kappa shape index (κ2) is 7.77. The standard InChI is InChI=1S/C20H25N3S/c1-15-8-9-16(2)19(12-15)22-20(24)21-18-10-11-23(14-18)13-17-6-4-3-5-7-17/h3-9,12,18H,10-11,13-14H2,1-2H3,(H2,21,22,24)/p+1/t18-/m0/s1. The molecule has 0 bridgehead atoms. The number of benzene rings is 2. The Balaban J connectivity index is 1.50. The minimum Gasteiger partial charge on any atom is -0.354 e. The molecule has 3 nitrogen and oxygen atoms in total. The van der Waals surface area contributed by atoms with E-state index in [4.69, 9.17) is 12.2 Å². The Labute approximate surface area is 150 Å². The topological polar surface area (TPSA) is 28.5 Å². The van der Waals surface area contributed by atoms with Gasteiger partial charge in [-0.3, -0.25) is 0 Å². The van der Waals surface area contributed by atoms with Gasteiger partial charge in [0, 0.05) is 17.7 Å². The fourth-order valence-electron chi connectivity index (χ4n) is 3.31. The van der Waals surface area contributed by atoms with Gasteiger partial charge in [0.1, 0.15) is 6.54 Å². The van der Waals surface area contributed by atoms with Gasteiger partial charge in [-0.2, -0.15) is 0 Å². The quantitative estimate of drug-likeness (QED) is 0.747. The lowest BCUT2D eigenvalue weighted by atomic mass is 10.1. The van der Waals surface area contributed by atoms with E-state index in [2.05, 4.69) is 73.0 Å². The molecule has 0 aromatic heterocycles. The van der Waals surface area contributed by atoms with Crippen LogP contribution >= 0.6 is 12.2 Å². The number of hydrogen-bond donors (Lipinski definition) is 3. The average molecular weight is 341 g/mol. The third-order valence-corrected chi connectivity index (χ3v) is 4.87. The maximum atomic E-state index is 5.51. The molecule has 2 aromatic carbocycles. The SMILES string of the molecule is Cc1ccc(C)c(NC(=S)N[C@H]2CC[NH+](Cc3ccccc3)C2)c1. The normalized spacial score (nSPS) is 19.9. The van der Waals surface area contributed by atoms with Crippen molar-refractivity contribution in [3.8, 4) is 0 Å². The first kappa shape index (κ1) is 16.9. The lowest BCUT2D eigenvalue weighted by Gasteiger charge is -2.17. The molecule has 0 aliphatic carbocycles. The van der Waals surface area contributed by atoms with Gasteiger partial charge in [0.2, 0.25) is 0 Å². The van der Waals surface area contributed by atoms with E-state index in [-0.39, 0.29) is 0 Å². The van der Waals surface area contributed by atoms with Crippen LogP contribution in [0.15, 0.2) is 48.5 Å². The second-order valence-electron chi connectivity index (χ2n) is 6.77. The highest BCUT2D eigenvalue weighted by molar-refractivity contribution is 7.80. The number of nitrogens with one attached hydrogen (secondary N) is 3. The van der Waals surface area contributed by atoms with Gasteiger partial charge in [-0.15, -0.1) is 0 Å². The van der Waals surface area contributed by atoms with Crippen molar-refractivity contribution in [2.45, 2.75) is 32.9 Å². The Morgan fingerprint density at radius 3 is 2.75 bits per heavy atom. The van der Waals surface area contributed by atoms with Crippen LogP contribution in [0.25, 0.3) is 0 Å². The first-order valence-electron chi connectivity index (χ1n) is 8.62. The van der Waals surface area contributed by atoms with Crippen molar-refractivity contribution in [3.63, 3.8) is 0 Å². The molecule has 0 spiro atoms. The zero-order valence-corrected chi connectivity index (χ0v) is 15.2. The number of likely N-dealkylation sites (tertiary alicyclic amines) is 1. The monoisotopic (exact) mass is 340 g/mol. The minimum absolute atomic E-state index is 0.453. The molecule has 24 heavy (non-hydrogen) atoms. The number of rotatable bonds is 4.